The van der Waals surface area contributed by atoms with Crippen LogP contribution >= 0.6 is 0 Å². The highest BCUT2D eigenvalue weighted by molar-refractivity contribution is 5.89. The third kappa shape index (κ3) is 3.12. The first-order valence-electron chi connectivity index (χ1n) is 8.62. The number of aliphatic hydroxyl groups excluding tert-OH is 1. The fraction of sp³-hybridized carbons (Fsp3) is 0.667. The van der Waals surface area contributed by atoms with Gasteiger partial charge in [-0.1, -0.05) is 19.1 Å². The van der Waals surface area contributed by atoms with Crippen LogP contribution in [-0.4, -0.2) is 70.6 Å². The Morgan fingerprint density at radius 1 is 1.40 bits per heavy atom. The Kier molecular flexibility index (Phi) is 4.74. The summed E-state index contributed by atoms with van der Waals surface area (Å²) in [6.45, 7) is 5.82. The molecule has 0 aromatic heterocycles. The van der Waals surface area contributed by atoms with Gasteiger partial charge in [0.15, 0.2) is 5.60 Å². The number of cyclic esters (lactones) is 1. The molecule has 3 heterocycles. The minimum Gasteiger partial charge on any atom is -0.459 e. The lowest BCUT2D eigenvalue weighted by atomic mass is 9.85. The largest absolute Gasteiger partial charge is 0.459 e. The first-order chi connectivity index (χ1) is 11.8. The van der Waals surface area contributed by atoms with Crippen LogP contribution in [0.1, 0.15) is 27.2 Å². The molecule has 2 fully saturated rings. The van der Waals surface area contributed by atoms with E-state index in [1.54, 1.807) is 19.9 Å². The van der Waals surface area contributed by atoms with Crippen LogP contribution in [0.5, 0.6) is 0 Å². The summed E-state index contributed by atoms with van der Waals surface area (Å²) >= 11 is 0. The number of nitrogens with zero attached hydrogens (tertiary/aromatic N) is 1. The first kappa shape index (κ1) is 18.1. The van der Waals surface area contributed by atoms with Gasteiger partial charge in [-0.15, -0.1) is 0 Å². The van der Waals surface area contributed by atoms with Gasteiger partial charge in [-0.05, 0) is 31.8 Å². The number of aliphatic hydroxyl groups is 2. The molecule has 3 aliphatic rings. The number of carbonyl (C=O) groups is 2. The Bertz CT molecular complexity index is 637. The first-order valence-corrected chi connectivity index (χ1v) is 8.62. The Labute approximate surface area is 146 Å². The van der Waals surface area contributed by atoms with Gasteiger partial charge in [0.2, 0.25) is 0 Å². The minimum atomic E-state index is -1.71. The molecule has 2 saturated heterocycles. The highest BCUT2D eigenvalue weighted by Crippen LogP contribution is 2.34. The lowest BCUT2D eigenvalue weighted by molar-refractivity contribution is -0.169. The van der Waals surface area contributed by atoms with Crippen LogP contribution in [0.4, 0.5) is 0 Å². The van der Waals surface area contributed by atoms with Gasteiger partial charge in [-0.3, -0.25) is 4.90 Å². The molecule has 0 amide bonds. The quantitative estimate of drug-likeness (QED) is 0.365. The van der Waals surface area contributed by atoms with Gasteiger partial charge in [0.25, 0.3) is 0 Å². The zero-order valence-electron chi connectivity index (χ0n) is 14.8. The number of allylic oxidation sites excluding steroid dienone is 1. The predicted molar refractivity (Wildman–Crippen MR) is 88.5 cm³/mol. The Hall–Kier alpha value is -1.70. The second-order valence-corrected chi connectivity index (χ2v) is 7.26. The van der Waals surface area contributed by atoms with E-state index >= 15 is 0 Å². The summed E-state index contributed by atoms with van der Waals surface area (Å²) in [6.07, 6.45) is 2.25. The van der Waals surface area contributed by atoms with Crippen LogP contribution in [-0.2, 0) is 19.1 Å². The van der Waals surface area contributed by atoms with E-state index in [9.17, 15) is 19.8 Å². The highest BCUT2D eigenvalue weighted by Gasteiger charge is 2.49. The number of rotatable bonds is 0. The summed E-state index contributed by atoms with van der Waals surface area (Å²) in [7, 11) is 0. The summed E-state index contributed by atoms with van der Waals surface area (Å²) in [5.41, 5.74) is -0.551. The zero-order valence-corrected chi connectivity index (χ0v) is 14.8. The van der Waals surface area contributed by atoms with Crippen LogP contribution in [0.15, 0.2) is 23.3 Å². The standard InChI is InChI=1S/C18H25NO6/c1-4-11-7-10(2)18(3,23)17(22)24-9-12-5-6-19-8-13(20)15(14(12)19)25-16(11)21/h4-5,10,13-15,20,23H,6-9H2,1-3H3. The van der Waals surface area contributed by atoms with E-state index in [1.807, 2.05) is 11.0 Å². The van der Waals surface area contributed by atoms with Crippen molar-refractivity contribution < 1.29 is 29.3 Å². The summed E-state index contributed by atoms with van der Waals surface area (Å²) in [5.74, 6) is -1.76. The Balaban J connectivity index is 1.94. The van der Waals surface area contributed by atoms with Gasteiger partial charge in [-0.25, -0.2) is 9.59 Å². The van der Waals surface area contributed by atoms with Crippen LogP contribution in [0.3, 0.4) is 0 Å². The van der Waals surface area contributed by atoms with E-state index in [-0.39, 0.29) is 19.1 Å². The monoisotopic (exact) mass is 351 g/mol. The van der Waals surface area contributed by atoms with Gasteiger partial charge in [-0.2, -0.15) is 0 Å². The molecule has 0 radical (unpaired) electrons. The number of carbonyl (C=O) groups excluding carboxylic acids is 2. The molecule has 2 N–H and O–H groups in total. The third-order valence-electron chi connectivity index (χ3n) is 5.60. The van der Waals surface area contributed by atoms with E-state index < -0.39 is 35.7 Å². The fourth-order valence-electron chi connectivity index (χ4n) is 3.70. The van der Waals surface area contributed by atoms with E-state index in [4.69, 9.17) is 9.47 Å². The van der Waals surface area contributed by atoms with Gasteiger partial charge >= 0.3 is 11.9 Å². The maximum atomic E-state index is 12.6. The van der Waals surface area contributed by atoms with Crippen LogP contribution in [0.25, 0.3) is 0 Å². The maximum absolute atomic E-state index is 12.6. The van der Waals surface area contributed by atoms with Crippen LogP contribution < -0.4 is 0 Å². The summed E-state index contributed by atoms with van der Waals surface area (Å²) in [5, 5.41) is 20.9. The molecule has 3 rings (SSSR count). The van der Waals surface area contributed by atoms with Crippen molar-refractivity contribution in [1.82, 2.24) is 4.90 Å². The van der Waals surface area contributed by atoms with E-state index in [1.165, 1.54) is 6.92 Å². The van der Waals surface area contributed by atoms with Crippen molar-refractivity contribution in [3.63, 3.8) is 0 Å². The lowest BCUT2D eigenvalue weighted by Gasteiger charge is -2.31. The zero-order chi connectivity index (χ0) is 18.4. The van der Waals surface area contributed by atoms with E-state index in [0.717, 1.165) is 5.57 Å². The molecule has 0 aliphatic carbocycles. The maximum Gasteiger partial charge on any atom is 0.338 e. The topological polar surface area (TPSA) is 96.3 Å². The number of ether oxygens (including phenoxy) is 2. The van der Waals surface area contributed by atoms with Crippen LogP contribution in [0.2, 0.25) is 0 Å². The molecule has 5 atom stereocenters. The van der Waals surface area contributed by atoms with Crippen molar-refractivity contribution in [3.8, 4) is 0 Å². The van der Waals surface area contributed by atoms with Crippen molar-refractivity contribution >= 4 is 11.9 Å². The molecule has 0 aromatic rings. The lowest BCUT2D eigenvalue weighted by Crippen LogP contribution is -2.45. The van der Waals surface area contributed by atoms with E-state index in [2.05, 4.69) is 0 Å². The fourth-order valence-corrected chi connectivity index (χ4v) is 3.70. The van der Waals surface area contributed by atoms with Crippen molar-refractivity contribution in [2.75, 3.05) is 19.7 Å². The highest BCUT2D eigenvalue weighted by atomic mass is 16.6. The Morgan fingerprint density at radius 2 is 2.12 bits per heavy atom. The molecule has 25 heavy (non-hydrogen) atoms. The predicted octanol–water partition coefficient (Wildman–Crippen LogP) is 0.164. The van der Waals surface area contributed by atoms with Gasteiger partial charge in [0.1, 0.15) is 18.8 Å². The average Bonchev–Trinajstić information content (AvgIpc) is 3.08. The molecule has 3 aliphatic heterocycles. The van der Waals surface area contributed by atoms with Gasteiger partial charge in [0.05, 0.1) is 6.04 Å². The minimum absolute atomic E-state index is 0.0140. The third-order valence-corrected chi connectivity index (χ3v) is 5.60. The molecule has 5 unspecified atom stereocenters. The van der Waals surface area contributed by atoms with Crippen LogP contribution in [0, 0.1) is 5.92 Å². The number of esters is 2. The van der Waals surface area contributed by atoms with Crippen molar-refractivity contribution in [2.24, 2.45) is 5.92 Å². The second-order valence-electron chi connectivity index (χ2n) is 7.26. The number of hydrogen-bond acceptors (Lipinski definition) is 7. The summed E-state index contributed by atoms with van der Waals surface area (Å²) in [6, 6.07) is -0.299. The van der Waals surface area contributed by atoms with Gasteiger partial charge < -0.3 is 19.7 Å². The molecule has 7 heteroatoms. The van der Waals surface area contributed by atoms with Crippen molar-refractivity contribution in [1.29, 1.82) is 0 Å². The molecule has 0 aromatic carbocycles. The molecule has 7 nitrogen and oxygen atoms in total. The molecule has 138 valence electrons. The smallest absolute Gasteiger partial charge is 0.338 e. The SMILES string of the molecule is CC=C1CC(C)C(C)(O)C(=O)OCC2=CCN3CC(O)C(OC1=O)C23. The summed E-state index contributed by atoms with van der Waals surface area (Å²) in [4.78, 5) is 26.9. The van der Waals surface area contributed by atoms with Crippen molar-refractivity contribution in [2.45, 2.75) is 51.0 Å². The number of hydrogen-bond donors (Lipinski definition) is 2. The molecular weight excluding hydrogens is 326 g/mol. The average molecular weight is 351 g/mol. The normalized spacial score (nSPS) is 41.5. The molecule has 0 spiro atoms. The molecular formula is C18H25NO6. The van der Waals surface area contributed by atoms with E-state index in [0.29, 0.717) is 18.7 Å². The molecule has 0 saturated carbocycles. The second kappa shape index (κ2) is 6.55. The Morgan fingerprint density at radius 3 is 2.80 bits per heavy atom. The molecule has 0 bridgehead atoms. The van der Waals surface area contributed by atoms with Gasteiger partial charge in [0, 0.05) is 18.7 Å². The van der Waals surface area contributed by atoms with Crippen molar-refractivity contribution in [3.05, 3.63) is 23.3 Å². The summed E-state index contributed by atoms with van der Waals surface area (Å²) < 4.78 is 11.0.